The lowest BCUT2D eigenvalue weighted by molar-refractivity contribution is 0.0701. The third kappa shape index (κ3) is 3.83. The summed E-state index contributed by atoms with van der Waals surface area (Å²) in [6, 6.07) is 11.8. The van der Waals surface area contributed by atoms with E-state index in [1.807, 2.05) is 41.3 Å². The Hall–Kier alpha value is -1.98. The first-order valence-electron chi connectivity index (χ1n) is 9.28. The number of rotatable bonds is 3. The Morgan fingerprint density at radius 2 is 2.00 bits per heavy atom. The Bertz CT molecular complexity index is 743. The number of amides is 1. The fraction of sp³-hybridized carbons (Fsp3) is 0.500. The molecule has 2 aromatic rings. The molecule has 0 unspecified atom stereocenters. The first-order chi connectivity index (χ1) is 12.3. The van der Waals surface area contributed by atoms with Gasteiger partial charge in [-0.3, -0.25) is 9.69 Å². The number of para-hydroxylation sites is 1. The van der Waals surface area contributed by atoms with Gasteiger partial charge in [0, 0.05) is 38.2 Å². The number of fused-ring (bicyclic) bond motifs is 1. The molecule has 2 saturated heterocycles. The van der Waals surface area contributed by atoms with Crippen molar-refractivity contribution in [3.05, 3.63) is 42.1 Å². The number of aromatic nitrogens is 1. The lowest BCUT2D eigenvalue weighted by Gasteiger charge is -2.24. The molecule has 0 spiro atoms. The SMILES string of the molecule is O=C(c1ccc2ccccc2n1)N1CCCN(C[C@@H]2CCCO2)CC1. The highest BCUT2D eigenvalue weighted by Crippen LogP contribution is 2.16. The first-order valence-corrected chi connectivity index (χ1v) is 9.28. The lowest BCUT2D eigenvalue weighted by atomic mass is 10.2. The van der Waals surface area contributed by atoms with E-state index in [4.69, 9.17) is 4.74 Å². The topological polar surface area (TPSA) is 45.7 Å². The van der Waals surface area contributed by atoms with Crippen molar-refractivity contribution >= 4 is 16.8 Å². The van der Waals surface area contributed by atoms with Gasteiger partial charge >= 0.3 is 0 Å². The molecule has 1 aromatic heterocycles. The van der Waals surface area contributed by atoms with E-state index >= 15 is 0 Å². The molecule has 25 heavy (non-hydrogen) atoms. The summed E-state index contributed by atoms with van der Waals surface area (Å²) in [5.74, 6) is 0.0460. The Kier molecular flexibility index (Phi) is 4.95. The van der Waals surface area contributed by atoms with Crippen LogP contribution in [0.1, 0.15) is 29.8 Å². The van der Waals surface area contributed by atoms with E-state index in [1.165, 1.54) is 12.8 Å². The van der Waals surface area contributed by atoms with Crippen LogP contribution < -0.4 is 0 Å². The second-order valence-corrected chi connectivity index (χ2v) is 6.97. The van der Waals surface area contributed by atoms with Gasteiger partial charge < -0.3 is 9.64 Å². The van der Waals surface area contributed by atoms with Gasteiger partial charge in [0.1, 0.15) is 5.69 Å². The van der Waals surface area contributed by atoms with Crippen molar-refractivity contribution in [2.24, 2.45) is 0 Å². The molecule has 2 aliphatic rings. The van der Waals surface area contributed by atoms with Crippen molar-refractivity contribution in [2.45, 2.75) is 25.4 Å². The number of carbonyl (C=O) groups excluding carboxylic acids is 1. The van der Waals surface area contributed by atoms with Gasteiger partial charge in [0.2, 0.25) is 0 Å². The zero-order valence-electron chi connectivity index (χ0n) is 14.6. The fourth-order valence-corrected chi connectivity index (χ4v) is 3.78. The molecule has 2 aliphatic heterocycles. The Balaban J connectivity index is 1.41. The molecule has 4 rings (SSSR count). The highest BCUT2D eigenvalue weighted by molar-refractivity contribution is 5.94. The lowest BCUT2D eigenvalue weighted by Crippen LogP contribution is -2.37. The van der Waals surface area contributed by atoms with Crippen LogP contribution in [0, 0.1) is 0 Å². The molecule has 5 heteroatoms. The van der Waals surface area contributed by atoms with Crippen LogP contribution in [0.25, 0.3) is 10.9 Å². The molecule has 2 fully saturated rings. The van der Waals surface area contributed by atoms with Crippen molar-refractivity contribution in [1.29, 1.82) is 0 Å². The molecule has 1 atom stereocenters. The van der Waals surface area contributed by atoms with Gasteiger partial charge in [0.15, 0.2) is 0 Å². The normalized spacial score (nSPS) is 22.2. The Morgan fingerprint density at radius 1 is 1.08 bits per heavy atom. The maximum Gasteiger partial charge on any atom is 0.272 e. The van der Waals surface area contributed by atoms with Crippen LogP contribution >= 0.6 is 0 Å². The third-order valence-corrected chi connectivity index (χ3v) is 5.18. The highest BCUT2D eigenvalue weighted by atomic mass is 16.5. The van der Waals surface area contributed by atoms with Crippen molar-refractivity contribution in [3.63, 3.8) is 0 Å². The largest absolute Gasteiger partial charge is 0.377 e. The van der Waals surface area contributed by atoms with Crippen molar-refractivity contribution in [3.8, 4) is 0 Å². The fourth-order valence-electron chi connectivity index (χ4n) is 3.78. The van der Waals surface area contributed by atoms with E-state index in [-0.39, 0.29) is 5.91 Å². The summed E-state index contributed by atoms with van der Waals surface area (Å²) >= 11 is 0. The maximum absolute atomic E-state index is 12.9. The molecule has 0 radical (unpaired) electrons. The molecule has 0 N–H and O–H groups in total. The minimum absolute atomic E-state index is 0.0460. The number of benzene rings is 1. The Morgan fingerprint density at radius 3 is 2.88 bits per heavy atom. The number of nitrogens with zero attached hydrogens (tertiary/aromatic N) is 3. The quantitative estimate of drug-likeness (QED) is 0.862. The summed E-state index contributed by atoms with van der Waals surface area (Å²) in [7, 11) is 0. The number of hydrogen-bond acceptors (Lipinski definition) is 4. The minimum Gasteiger partial charge on any atom is -0.377 e. The van der Waals surface area contributed by atoms with Gasteiger partial charge in [-0.15, -0.1) is 0 Å². The minimum atomic E-state index is 0.0460. The van der Waals surface area contributed by atoms with Crippen LogP contribution in [-0.4, -0.2) is 66.1 Å². The van der Waals surface area contributed by atoms with E-state index in [2.05, 4.69) is 9.88 Å². The van der Waals surface area contributed by atoms with E-state index in [0.29, 0.717) is 11.8 Å². The van der Waals surface area contributed by atoms with Crippen LogP contribution in [0.3, 0.4) is 0 Å². The summed E-state index contributed by atoms with van der Waals surface area (Å²) in [5.41, 5.74) is 1.43. The zero-order chi connectivity index (χ0) is 17.1. The van der Waals surface area contributed by atoms with E-state index in [0.717, 1.165) is 56.7 Å². The van der Waals surface area contributed by atoms with Gasteiger partial charge in [0.25, 0.3) is 5.91 Å². The number of hydrogen-bond donors (Lipinski definition) is 0. The summed E-state index contributed by atoms with van der Waals surface area (Å²) < 4.78 is 5.75. The van der Waals surface area contributed by atoms with E-state index < -0.39 is 0 Å². The smallest absolute Gasteiger partial charge is 0.272 e. The van der Waals surface area contributed by atoms with Crippen molar-refractivity contribution in [2.75, 3.05) is 39.3 Å². The molecule has 5 nitrogen and oxygen atoms in total. The van der Waals surface area contributed by atoms with Crippen LogP contribution in [0.2, 0.25) is 0 Å². The standard InChI is InChI=1S/C20H25N3O2/c24-20(19-9-8-16-5-1-2-7-18(16)21-19)23-11-4-10-22(12-13-23)15-17-6-3-14-25-17/h1-2,5,7-9,17H,3-4,6,10-15H2/t17-/m0/s1. The van der Waals surface area contributed by atoms with Gasteiger partial charge in [-0.05, 0) is 37.9 Å². The Labute approximate surface area is 148 Å². The average Bonchev–Trinajstić information content (AvgIpc) is 3.05. The molecule has 1 amide bonds. The summed E-state index contributed by atoms with van der Waals surface area (Å²) in [6.45, 7) is 5.41. The number of carbonyl (C=O) groups is 1. The average molecular weight is 339 g/mol. The second kappa shape index (κ2) is 7.50. The van der Waals surface area contributed by atoms with Crippen molar-refractivity contribution in [1.82, 2.24) is 14.8 Å². The van der Waals surface area contributed by atoms with Gasteiger partial charge in [-0.25, -0.2) is 4.98 Å². The second-order valence-electron chi connectivity index (χ2n) is 6.97. The van der Waals surface area contributed by atoms with Crippen LogP contribution in [-0.2, 0) is 4.74 Å². The summed E-state index contributed by atoms with van der Waals surface area (Å²) in [5, 5.41) is 1.07. The molecular weight excluding hydrogens is 314 g/mol. The first kappa shape index (κ1) is 16.5. The molecule has 3 heterocycles. The summed E-state index contributed by atoms with van der Waals surface area (Å²) in [6.07, 6.45) is 3.73. The molecule has 0 bridgehead atoms. The van der Waals surface area contributed by atoms with Gasteiger partial charge in [-0.1, -0.05) is 24.3 Å². The summed E-state index contributed by atoms with van der Waals surface area (Å²) in [4.78, 5) is 21.8. The van der Waals surface area contributed by atoms with Gasteiger partial charge in [-0.2, -0.15) is 0 Å². The third-order valence-electron chi connectivity index (χ3n) is 5.18. The number of ether oxygens (including phenoxy) is 1. The van der Waals surface area contributed by atoms with Crippen LogP contribution in [0.4, 0.5) is 0 Å². The molecule has 1 aromatic carbocycles. The van der Waals surface area contributed by atoms with Crippen molar-refractivity contribution < 1.29 is 9.53 Å². The number of pyridine rings is 1. The molecule has 0 aliphatic carbocycles. The highest BCUT2D eigenvalue weighted by Gasteiger charge is 2.24. The van der Waals surface area contributed by atoms with Gasteiger partial charge in [0.05, 0.1) is 11.6 Å². The maximum atomic E-state index is 12.9. The monoisotopic (exact) mass is 339 g/mol. The predicted molar refractivity (Wildman–Crippen MR) is 97.7 cm³/mol. The zero-order valence-corrected chi connectivity index (χ0v) is 14.6. The molecule has 132 valence electrons. The molecular formula is C20H25N3O2. The molecule has 0 saturated carbocycles. The predicted octanol–water partition coefficient (Wildman–Crippen LogP) is 2.56. The van der Waals surface area contributed by atoms with Crippen LogP contribution in [0.5, 0.6) is 0 Å². The van der Waals surface area contributed by atoms with E-state index in [9.17, 15) is 4.79 Å². The van der Waals surface area contributed by atoms with E-state index in [1.54, 1.807) is 0 Å². The van der Waals surface area contributed by atoms with Crippen LogP contribution in [0.15, 0.2) is 36.4 Å².